The van der Waals surface area contributed by atoms with Gasteiger partial charge in [0.25, 0.3) is 11.8 Å². The summed E-state index contributed by atoms with van der Waals surface area (Å²) in [5, 5.41) is 16.4. The van der Waals surface area contributed by atoms with E-state index in [0.717, 1.165) is 77.7 Å². The number of hydrogen-bond acceptors (Lipinski definition) is 7. The molecule has 5 rings (SSSR count). The molecule has 1 saturated carbocycles. The number of halogens is 2. The van der Waals surface area contributed by atoms with Crippen LogP contribution in [-0.2, 0) is 17.8 Å². The zero-order chi connectivity index (χ0) is 28.9. The Hall–Kier alpha value is -3.35. The standard InChI is InChI=1S/C29H37F2N5O5/c30-21-6-5-19(23(31)15-21)16-32-28(39)22-18-36-10-9-35(8-7-34-11-13-41-14-12-34)17-20-3-1-2-4-24(20)33-29(40)25(36)27(38)26(22)37/h5-6,15,18,20,24,38H,1-4,7-14,16-17H2,(H,32,39)(H,33,40)/t20-,24-/m0/s1. The summed E-state index contributed by atoms with van der Waals surface area (Å²) < 4.78 is 34.2. The van der Waals surface area contributed by atoms with E-state index in [9.17, 15) is 28.3 Å². The number of aromatic nitrogens is 1. The van der Waals surface area contributed by atoms with Crippen molar-refractivity contribution in [3.8, 4) is 5.75 Å². The molecule has 2 atom stereocenters. The summed E-state index contributed by atoms with van der Waals surface area (Å²) in [5.74, 6) is -3.49. The summed E-state index contributed by atoms with van der Waals surface area (Å²) in [6, 6.07) is 2.90. The first-order valence-corrected chi connectivity index (χ1v) is 14.3. The van der Waals surface area contributed by atoms with Gasteiger partial charge < -0.3 is 25.0 Å². The maximum absolute atomic E-state index is 14.1. The van der Waals surface area contributed by atoms with Crippen molar-refractivity contribution in [2.45, 2.75) is 44.8 Å². The Morgan fingerprint density at radius 1 is 1.05 bits per heavy atom. The fourth-order valence-electron chi connectivity index (χ4n) is 6.00. The Morgan fingerprint density at radius 2 is 1.80 bits per heavy atom. The van der Waals surface area contributed by atoms with Crippen molar-refractivity contribution in [2.75, 3.05) is 52.5 Å². The Labute approximate surface area is 237 Å². The van der Waals surface area contributed by atoms with Crippen LogP contribution in [0.5, 0.6) is 5.75 Å². The average Bonchev–Trinajstić information content (AvgIpc) is 2.96. The minimum atomic E-state index is -0.982. The summed E-state index contributed by atoms with van der Waals surface area (Å²) >= 11 is 0. The number of aromatic hydroxyl groups is 1. The molecule has 1 saturated heterocycles. The molecule has 0 bridgehead atoms. The van der Waals surface area contributed by atoms with Gasteiger partial charge in [0, 0.05) is 76.2 Å². The molecule has 1 aromatic heterocycles. The molecule has 2 fully saturated rings. The molecule has 41 heavy (non-hydrogen) atoms. The first kappa shape index (κ1) is 29.2. The number of morpholine rings is 1. The number of nitrogens with one attached hydrogen (secondary N) is 2. The van der Waals surface area contributed by atoms with Crippen LogP contribution in [0.25, 0.3) is 0 Å². The van der Waals surface area contributed by atoms with Crippen molar-refractivity contribution < 1.29 is 28.2 Å². The smallest absolute Gasteiger partial charge is 0.272 e. The zero-order valence-corrected chi connectivity index (χ0v) is 23.0. The molecule has 1 aliphatic carbocycles. The molecule has 2 aliphatic heterocycles. The Kier molecular flexibility index (Phi) is 9.31. The molecule has 1 aromatic carbocycles. The van der Waals surface area contributed by atoms with Gasteiger partial charge in [-0.05, 0) is 24.8 Å². The first-order chi connectivity index (χ1) is 19.8. The highest BCUT2D eigenvalue weighted by atomic mass is 19.1. The molecular formula is C29H37F2N5O5. The van der Waals surface area contributed by atoms with Crippen molar-refractivity contribution in [1.29, 1.82) is 0 Å². The van der Waals surface area contributed by atoms with Crippen molar-refractivity contribution >= 4 is 11.8 Å². The number of fused-ring (bicyclic) bond motifs is 2. The lowest BCUT2D eigenvalue weighted by atomic mass is 9.83. The second-order valence-corrected chi connectivity index (χ2v) is 11.1. The number of carbonyl (C=O) groups excluding carboxylic acids is 2. The molecule has 3 heterocycles. The minimum Gasteiger partial charge on any atom is -0.503 e. The molecule has 12 heteroatoms. The van der Waals surface area contributed by atoms with Crippen LogP contribution in [0.2, 0.25) is 0 Å². The number of rotatable bonds is 6. The Bertz CT molecular complexity index is 1330. The van der Waals surface area contributed by atoms with Crippen molar-refractivity contribution in [2.24, 2.45) is 5.92 Å². The van der Waals surface area contributed by atoms with Crippen LogP contribution in [0.4, 0.5) is 8.78 Å². The van der Waals surface area contributed by atoms with Crippen LogP contribution in [0.3, 0.4) is 0 Å². The van der Waals surface area contributed by atoms with Crippen LogP contribution in [0.1, 0.15) is 52.1 Å². The predicted molar refractivity (Wildman–Crippen MR) is 147 cm³/mol. The summed E-state index contributed by atoms with van der Waals surface area (Å²) in [7, 11) is 0. The highest BCUT2D eigenvalue weighted by Gasteiger charge is 2.32. The fourth-order valence-corrected chi connectivity index (χ4v) is 6.00. The number of benzene rings is 1. The van der Waals surface area contributed by atoms with Gasteiger partial charge in [-0.1, -0.05) is 18.9 Å². The van der Waals surface area contributed by atoms with Gasteiger partial charge in [-0.15, -0.1) is 0 Å². The van der Waals surface area contributed by atoms with E-state index in [0.29, 0.717) is 12.6 Å². The third-order valence-corrected chi connectivity index (χ3v) is 8.38. The van der Waals surface area contributed by atoms with E-state index in [1.807, 2.05) is 0 Å². The van der Waals surface area contributed by atoms with E-state index in [1.165, 1.54) is 16.8 Å². The second-order valence-electron chi connectivity index (χ2n) is 11.1. The van der Waals surface area contributed by atoms with Crippen molar-refractivity contribution in [3.63, 3.8) is 0 Å². The predicted octanol–water partition coefficient (Wildman–Crippen LogP) is 1.70. The molecule has 3 N–H and O–H groups in total. The quantitative estimate of drug-likeness (QED) is 0.482. The minimum absolute atomic E-state index is 0.0420. The van der Waals surface area contributed by atoms with Gasteiger partial charge >= 0.3 is 0 Å². The van der Waals surface area contributed by atoms with Gasteiger partial charge in [0.1, 0.15) is 17.2 Å². The largest absolute Gasteiger partial charge is 0.503 e. The van der Waals surface area contributed by atoms with Crippen LogP contribution >= 0.6 is 0 Å². The number of nitrogens with zero attached hydrogens (tertiary/aromatic N) is 3. The summed E-state index contributed by atoms with van der Waals surface area (Å²) in [4.78, 5) is 44.2. The van der Waals surface area contributed by atoms with Gasteiger partial charge in [0.2, 0.25) is 5.43 Å². The van der Waals surface area contributed by atoms with Crippen LogP contribution in [0, 0.1) is 17.6 Å². The van der Waals surface area contributed by atoms with E-state index in [1.54, 1.807) is 0 Å². The number of pyridine rings is 1. The number of hydrogen-bond donors (Lipinski definition) is 3. The van der Waals surface area contributed by atoms with E-state index in [4.69, 9.17) is 4.74 Å². The van der Waals surface area contributed by atoms with E-state index in [2.05, 4.69) is 20.4 Å². The van der Waals surface area contributed by atoms with Gasteiger partial charge in [-0.3, -0.25) is 24.2 Å². The van der Waals surface area contributed by atoms with Gasteiger partial charge in [0.05, 0.1) is 13.2 Å². The topological polar surface area (TPSA) is 116 Å². The van der Waals surface area contributed by atoms with Gasteiger partial charge in [-0.2, -0.15) is 0 Å². The van der Waals surface area contributed by atoms with Gasteiger partial charge in [0.15, 0.2) is 11.4 Å². The SMILES string of the molecule is O=C(NCc1ccc(F)cc1F)c1cn2c(c(O)c1=O)C(=O)N[C@H]1CCCC[C@H]1CN(CCN1CCOCC1)CC2. The summed E-state index contributed by atoms with van der Waals surface area (Å²) in [6.45, 7) is 6.24. The Morgan fingerprint density at radius 3 is 2.59 bits per heavy atom. The molecule has 3 aliphatic rings. The Balaban J connectivity index is 1.39. The molecule has 0 spiro atoms. The summed E-state index contributed by atoms with van der Waals surface area (Å²) in [5.41, 5.74) is -1.48. The lowest BCUT2D eigenvalue weighted by Gasteiger charge is -2.38. The van der Waals surface area contributed by atoms with Crippen molar-refractivity contribution in [1.82, 2.24) is 25.0 Å². The number of amides is 2. The summed E-state index contributed by atoms with van der Waals surface area (Å²) in [6.07, 6.45) is 5.18. The van der Waals surface area contributed by atoms with Crippen molar-refractivity contribution in [3.05, 3.63) is 63.1 Å². The van der Waals surface area contributed by atoms with E-state index < -0.39 is 34.6 Å². The third kappa shape index (κ3) is 6.94. The highest BCUT2D eigenvalue weighted by Crippen LogP contribution is 2.27. The third-order valence-electron chi connectivity index (χ3n) is 8.38. The molecule has 2 amide bonds. The molecule has 0 unspecified atom stereocenters. The number of ether oxygens (including phenoxy) is 1. The lowest BCUT2D eigenvalue weighted by Crippen LogP contribution is -2.50. The lowest BCUT2D eigenvalue weighted by molar-refractivity contribution is 0.0313. The number of carbonyl (C=O) groups is 2. The van der Waals surface area contributed by atoms with Crippen LogP contribution < -0.4 is 16.1 Å². The molecule has 222 valence electrons. The average molecular weight is 574 g/mol. The molecule has 2 aromatic rings. The zero-order valence-electron chi connectivity index (χ0n) is 23.0. The normalized spacial score (nSPS) is 22.3. The second kappa shape index (κ2) is 13.1. The van der Waals surface area contributed by atoms with Crippen LogP contribution in [-0.4, -0.2) is 89.8 Å². The molecular weight excluding hydrogens is 536 g/mol. The first-order valence-electron chi connectivity index (χ1n) is 14.3. The molecule has 0 radical (unpaired) electrons. The van der Waals surface area contributed by atoms with E-state index in [-0.39, 0.29) is 41.9 Å². The van der Waals surface area contributed by atoms with Crippen LogP contribution in [0.15, 0.2) is 29.2 Å². The fraction of sp³-hybridized carbons (Fsp3) is 0.552. The maximum Gasteiger partial charge on any atom is 0.272 e. The molecule has 10 nitrogen and oxygen atoms in total. The monoisotopic (exact) mass is 573 g/mol. The van der Waals surface area contributed by atoms with Gasteiger partial charge in [-0.25, -0.2) is 8.78 Å². The van der Waals surface area contributed by atoms with E-state index >= 15 is 0 Å². The highest BCUT2D eigenvalue weighted by molar-refractivity contribution is 5.98. The maximum atomic E-state index is 14.1.